The molecule has 0 bridgehead atoms. The number of carbonyl (C=O) groups is 1. The van der Waals surface area contributed by atoms with Gasteiger partial charge in [0.05, 0.1) is 11.9 Å². The van der Waals surface area contributed by atoms with Crippen LogP contribution in [0.25, 0.3) is 0 Å². The van der Waals surface area contributed by atoms with Gasteiger partial charge in [-0.15, -0.1) is 0 Å². The first-order valence-electron chi connectivity index (χ1n) is 4.98. The largest absolute Gasteiger partial charge is 0.478 e. The van der Waals surface area contributed by atoms with E-state index in [1.165, 1.54) is 6.20 Å². The summed E-state index contributed by atoms with van der Waals surface area (Å²) in [5, 5.41) is 15.3. The highest BCUT2D eigenvalue weighted by Crippen LogP contribution is 2.06. The molecule has 0 aliphatic carbocycles. The van der Waals surface area contributed by atoms with E-state index in [9.17, 15) is 4.79 Å². The number of carboxylic acids is 1. The highest BCUT2D eigenvalue weighted by Gasteiger charge is 2.13. The van der Waals surface area contributed by atoms with Crippen LogP contribution in [0.4, 0.5) is 0 Å². The number of nitrogens with zero attached hydrogens (tertiary/aromatic N) is 2. The lowest BCUT2D eigenvalue weighted by Crippen LogP contribution is -2.28. The molecule has 5 nitrogen and oxygen atoms in total. The topological polar surface area (TPSA) is 69.2 Å². The third-order valence-electron chi connectivity index (χ3n) is 2.54. The number of hydrogen-bond donors (Lipinski definition) is 2. The van der Waals surface area contributed by atoms with Crippen LogP contribution >= 0.6 is 0 Å². The van der Waals surface area contributed by atoms with E-state index >= 15 is 0 Å². The van der Waals surface area contributed by atoms with Gasteiger partial charge in [0.25, 0.3) is 0 Å². The second-order valence-electron chi connectivity index (χ2n) is 3.89. The monoisotopic (exact) mass is 211 g/mol. The van der Waals surface area contributed by atoms with Crippen molar-refractivity contribution in [1.82, 2.24) is 15.1 Å². The molecular weight excluding hydrogens is 194 g/mol. The highest BCUT2D eigenvalue weighted by atomic mass is 16.4. The zero-order valence-corrected chi connectivity index (χ0v) is 9.32. The van der Waals surface area contributed by atoms with E-state index in [0.29, 0.717) is 18.2 Å². The van der Waals surface area contributed by atoms with Crippen LogP contribution in [-0.4, -0.2) is 45.8 Å². The molecule has 0 atom stereocenters. The Morgan fingerprint density at radius 3 is 2.87 bits per heavy atom. The Bertz CT molecular complexity index is 333. The van der Waals surface area contributed by atoms with E-state index in [4.69, 9.17) is 5.11 Å². The number of aromatic nitrogens is 2. The first-order valence-corrected chi connectivity index (χ1v) is 4.98. The number of aromatic amines is 1. The van der Waals surface area contributed by atoms with Crippen molar-refractivity contribution >= 4 is 5.97 Å². The van der Waals surface area contributed by atoms with Gasteiger partial charge < -0.3 is 10.0 Å². The maximum Gasteiger partial charge on any atom is 0.339 e. The molecular formula is C10H17N3O2. The minimum Gasteiger partial charge on any atom is -0.478 e. The fourth-order valence-electron chi connectivity index (χ4n) is 1.23. The molecule has 1 aromatic heterocycles. The van der Waals surface area contributed by atoms with Crippen molar-refractivity contribution in [3.05, 3.63) is 17.5 Å². The van der Waals surface area contributed by atoms with Crippen LogP contribution in [0.5, 0.6) is 0 Å². The summed E-state index contributed by atoms with van der Waals surface area (Å²) in [5.74, 6) is -0.925. The zero-order valence-electron chi connectivity index (χ0n) is 9.32. The molecule has 0 amide bonds. The number of nitrogens with one attached hydrogen (secondary N) is 1. The van der Waals surface area contributed by atoms with E-state index in [1.807, 2.05) is 7.05 Å². The van der Waals surface area contributed by atoms with Crippen molar-refractivity contribution in [1.29, 1.82) is 0 Å². The van der Waals surface area contributed by atoms with Crippen LogP contribution in [0.15, 0.2) is 6.20 Å². The summed E-state index contributed by atoms with van der Waals surface area (Å²) < 4.78 is 0. The first-order chi connectivity index (χ1) is 7.02. The van der Waals surface area contributed by atoms with Gasteiger partial charge in [-0.1, -0.05) is 0 Å². The molecule has 0 radical (unpaired) electrons. The SMILES string of the molecule is CC(C)N(C)CCc1[nH]ncc1C(=O)O. The Balaban J connectivity index is 2.58. The first kappa shape index (κ1) is 11.7. The number of H-pyrrole nitrogens is 1. The molecule has 1 aromatic rings. The molecule has 15 heavy (non-hydrogen) atoms. The van der Waals surface area contributed by atoms with Crippen LogP contribution < -0.4 is 0 Å². The van der Waals surface area contributed by atoms with Crippen LogP contribution in [0.1, 0.15) is 29.9 Å². The molecule has 0 aliphatic heterocycles. The van der Waals surface area contributed by atoms with Gasteiger partial charge in [-0.3, -0.25) is 5.10 Å². The van der Waals surface area contributed by atoms with Crippen molar-refractivity contribution < 1.29 is 9.90 Å². The lowest BCUT2D eigenvalue weighted by Gasteiger charge is -2.20. The van der Waals surface area contributed by atoms with Gasteiger partial charge in [-0.05, 0) is 20.9 Å². The summed E-state index contributed by atoms with van der Waals surface area (Å²) in [7, 11) is 2.02. The fourth-order valence-corrected chi connectivity index (χ4v) is 1.23. The normalized spacial score (nSPS) is 11.3. The van der Waals surface area contributed by atoms with Crippen LogP contribution in [-0.2, 0) is 6.42 Å². The lowest BCUT2D eigenvalue weighted by atomic mass is 10.2. The standard InChI is InChI=1S/C10H17N3O2/c1-7(2)13(3)5-4-9-8(10(14)15)6-11-12-9/h6-7H,4-5H2,1-3H3,(H,11,12)(H,14,15). The van der Waals surface area contributed by atoms with Crippen LogP contribution in [0, 0.1) is 0 Å². The molecule has 0 spiro atoms. The van der Waals surface area contributed by atoms with Gasteiger partial charge in [0, 0.05) is 19.0 Å². The van der Waals surface area contributed by atoms with Crippen molar-refractivity contribution in [2.24, 2.45) is 0 Å². The van der Waals surface area contributed by atoms with Crippen LogP contribution in [0.3, 0.4) is 0 Å². The van der Waals surface area contributed by atoms with E-state index in [-0.39, 0.29) is 5.56 Å². The van der Waals surface area contributed by atoms with E-state index in [1.54, 1.807) is 0 Å². The predicted octanol–water partition coefficient (Wildman–Crippen LogP) is 0.991. The van der Waals surface area contributed by atoms with E-state index < -0.39 is 5.97 Å². The molecule has 84 valence electrons. The average molecular weight is 211 g/mol. The van der Waals surface area contributed by atoms with E-state index in [0.717, 1.165) is 6.54 Å². The summed E-state index contributed by atoms with van der Waals surface area (Å²) >= 11 is 0. The third kappa shape index (κ3) is 3.06. The molecule has 0 saturated carbocycles. The highest BCUT2D eigenvalue weighted by molar-refractivity contribution is 5.88. The maximum absolute atomic E-state index is 10.8. The number of likely N-dealkylation sites (N-methyl/N-ethyl adjacent to an activating group) is 1. The summed E-state index contributed by atoms with van der Waals surface area (Å²) in [6, 6.07) is 0.459. The molecule has 5 heteroatoms. The minimum atomic E-state index is -0.925. The maximum atomic E-state index is 10.8. The summed E-state index contributed by atoms with van der Waals surface area (Å²) in [6.45, 7) is 5.02. The Morgan fingerprint density at radius 1 is 1.67 bits per heavy atom. The second kappa shape index (κ2) is 4.93. The van der Waals surface area contributed by atoms with Gasteiger partial charge in [0.1, 0.15) is 5.56 Å². The Kier molecular flexibility index (Phi) is 3.85. The Morgan fingerprint density at radius 2 is 2.33 bits per heavy atom. The molecule has 0 saturated heterocycles. The van der Waals surface area contributed by atoms with E-state index in [2.05, 4.69) is 28.9 Å². The van der Waals surface area contributed by atoms with Crippen molar-refractivity contribution in [2.45, 2.75) is 26.3 Å². The molecule has 1 heterocycles. The number of carboxylic acid groups (broad SMARTS) is 1. The third-order valence-corrected chi connectivity index (χ3v) is 2.54. The quantitative estimate of drug-likeness (QED) is 0.762. The predicted molar refractivity (Wildman–Crippen MR) is 57.0 cm³/mol. The Hall–Kier alpha value is -1.36. The van der Waals surface area contributed by atoms with Crippen LogP contribution in [0.2, 0.25) is 0 Å². The molecule has 0 unspecified atom stereocenters. The summed E-state index contributed by atoms with van der Waals surface area (Å²) in [6.07, 6.45) is 2.03. The van der Waals surface area contributed by atoms with Gasteiger partial charge in [0.15, 0.2) is 0 Å². The van der Waals surface area contributed by atoms with Gasteiger partial charge in [0.2, 0.25) is 0 Å². The molecule has 0 fully saturated rings. The van der Waals surface area contributed by atoms with Crippen molar-refractivity contribution in [2.75, 3.05) is 13.6 Å². The number of hydrogen-bond acceptors (Lipinski definition) is 3. The minimum absolute atomic E-state index is 0.271. The lowest BCUT2D eigenvalue weighted by molar-refractivity contribution is 0.0695. The van der Waals surface area contributed by atoms with Gasteiger partial charge >= 0.3 is 5.97 Å². The molecule has 0 aromatic carbocycles. The van der Waals surface area contributed by atoms with Gasteiger partial charge in [-0.2, -0.15) is 5.10 Å². The number of aromatic carboxylic acids is 1. The summed E-state index contributed by atoms with van der Waals surface area (Å²) in [4.78, 5) is 12.9. The zero-order chi connectivity index (χ0) is 11.4. The second-order valence-corrected chi connectivity index (χ2v) is 3.89. The molecule has 2 N–H and O–H groups in total. The summed E-state index contributed by atoms with van der Waals surface area (Å²) in [5.41, 5.74) is 0.960. The Labute approximate surface area is 89.1 Å². The average Bonchev–Trinajstić information content (AvgIpc) is 2.61. The smallest absolute Gasteiger partial charge is 0.339 e. The van der Waals surface area contributed by atoms with Gasteiger partial charge in [-0.25, -0.2) is 4.79 Å². The number of rotatable bonds is 5. The molecule has 1 rings (SSSR count). The molecule has 0 aliphatic rings. The van der Waals surface area contributed by atoms with Crippen molar-refractivity contribution in [3.63, 3.8) is 0 Å². The van der Waals surface area contributed by atoms with Crippen molar-refractivity contribution in [3.8, 4) is 0 Å². The fraction of sp³-hybridized carbons (Fsp3) is 0.600.